The van der Waals surface area contributed by atoms with E-state index >= 15 is 0 Å². The summed E-state index contributed by atoms with van der Waals surface area (Å²) in [6.07, 6.45) is 0. The van der Waals surface area contributed by atoms with Gasteiger partial charge in [-0.05, 0) is 45.6 Å². The van der Waals surface area contributed by atoms with Crippen molar-refractivity contribution < 1.29 is 9.13 Å². The van der Waals surface area contributed by atoms with E-state index in [1.807, 2.05) is 38.9 Å². The molecule has 0 aromatic heterocycles. The molecule has 0 amide bonds. The first-order chi connectivity index (χ1) is 10.8. The number of hydrogen-bond donors (Lipinski definition) is 2. The minimum Gasteiger partial charge on any atom is -0.377 e. The van der Waals surface area contributed by atoms with Crippen LogP contribution in [-0.2, 0) is 17.8 Å². The number of halogens is 1. The largest absolute Gasteiger partial charge is 0.377 e. The average Bonchev–Trinajstić information content (AvgIpc) is 2.50. The lowest BCUT2D eigenvalue weighted by Gasteiger charge is -2.24. The SMILES string of the molecule is CN=C(NCc1ccc(F)c(CN(C)C)c1)NCC(C)(C)OC. The maximum absolute atomic E-state index is 13.8. The number of guanidine groups is 1. The molecule has 0 heterocycles. The van der Waals surface area contributed by atoms with Crippen LogP contribution in [0.15, 0.2) is 23.2 Å². The quantitative estimate of drug-likeness (QED) is 0.595. The molecule has 0 aliphatic heterocycles. The van der Waals surface area contributed by atoms with Gasteiger partial charge in [-0.1, -0.05) is 6.07 Å². The maximum atomic E-state index is 13.8. The van der Waals surface area contributed by atoms with Gasteiger partial charge < -0.3 is 20.3 Å². The van der Waals surface area contributed by atoms with Gasteiger partial charge in [-0.25, -0.2) is 4.39 Å². The van der Waals surface area contributed by atoms with Crippen LogP contribution in [0.4, 0.5) is 4.39 Å². The Morgan fingerprint density at radius 1 is 1.30 bits per heavy atom. The van der Waals surface area contributed by atoms with Crippen molar-refractivity contribution in [2.24, 2.45) is 4.99 Å². The van der Waals surface area contributed by atoms with Crippen LogP contribution >= 0.6 is 0 Å². The first-order valence-corrected chi connectivity index (χ1v) is 7.69. The maximum Gasteiger partial charge on any atom is 0.191 e. The van der Waals surface area contributed by atoms with Gasteiger partial charge in [-0.3, -0.25) is 4.99 Å². The highest BCUT2D eigenvalue weighted by atomic mass is 19.1. The molecule has 1 aromatic rings. The van der Waals surface area contributed by atoms with Crippen LogP contribution < -0.4 is 10.6 Å². The molecule has 1 rings (SSSR count). The molecule has 0 bridgehead atoms. The fourth-order valence-corrected chi connectivity index (χ4v) is 1.98. The van der Waals surface area contributed by atoms with Crippen LogP contribution in [-0.4, -0.2) is 51.3 Å². The normalized spacial score (nSPS) is 12.6. The molecule has 0 aliphatic rings. The van der Waals surface area contributed by atoms with Crippen molar-refractivity contribution >= 4 is 5.96 Å². The summed E-state index contributed by atoms with van der Waals surface area (Å²) < 4.78 is 19.2. The van der Waals surface area contributed by atoms with Gasteiger partial charge in [0.2, 0.25) is 0 Å². The molecule has 130 valence electrons. The first kappa shape index (κ1) is 19.4. The molecule has 23 heavy (non-hydrogen) atoms. The topological polar surface area (TPSA) is 48.9 Å². The summed E-state index contributed by atoms with van der Waals surface area (Å²) in [6, 6.07) is 5.18. The first-order valence-electron chi connectivity index (χ1n) is 7.69. The lowest BCUT2D eigenvalue weighted by atomic mass is 10.1. The lowest BCUT2D eigenvalue weighted by Crippen LogP contribution is -2.45. The minimum atomic E-state index is -0.271. The summed E-state index contributed by atoms with van der Waals surface area (Å²) in [6.45, 7) is 5.79. The second-order valence-electron chi connectivity index (χ2n) is 6.41. The molecule has 0 fully saturated rings. The number of nitrogens with zero attached hydrogens (tertiary/aromatic N) is 2. The van der Waals surface area contributed by atoms with Gasteiger partial charge in [-0.15, -0.1) is 0 Å². The van der Waals surface area contributed by atoms with E-state index in [-0.39, 0.29) is 11.4 Å². The number of aliphatic imine (C=N–C) groups is 1. The summed E-state index contributed by atoms with van der Waals surface area (Å²) in [5.74, 6) is 0.514. The van der Waals surface area contributed by atoms with E-state index in [2.05, 4.69) is 15.6 Å². The van der Waals surface area contributed by atoms with Crippen LogP contribution in [0.3, 0.4) is 0 Å². The third-order valence-electron chi connectivity index (χ3n) is 3.51. The fraction of sp³-hybridized carbons (Fsp3) is 0.588. The Hall–Kier alpha value is -1.66. The highest BCUT2D eigenvalue weighted by Crippen LogP contribution is 2.12. The fourth-order valence-electron chi connectivity index (χ4n) is 1.98. The molecule has 0 saturated heterocycles. The van der Waals surface area contributed by atoms with E-state index in [1.54, 1.807) is 20.2 Å². The van der Waals surface area contributed by atoms with E-state index in [4.69, 9.17) is 4.74 Å². The number of benzene rings is 1. The molecule has 0 unspecified atom stereocenters. The van der Waals surface area contributed by atoms with Gasteiger partial charge >= 0.3 is 0 Å². The second kappa shape index (κ2) is 8.84. The molecule has 2 N–H and O–H groups in total. The van der Waals surface area contributed by atoms with Gasteiger partial charge in [0.25, 0.3) is 0 Å². The van der Waals surface area contributed by atoms with Crippen molar-refractivity contribution in [3.8, 4) is 0 Å². The molecular weight excluding hydrogens is 295 g/mol. The average molecular weight is 324 g/mol. The van der Waals surface area contributed by atoms with Gasteiger partial charge in [0.15, 0.2) is 5.96 Å². The Labute approximate surface area is 138 Å². The standard InChI is InChI=1S/C17H29FN4O/c1-17(2,23-6)12-21-16(19-3)20-10-13-7-8-15(18)14(9-13)11-22(4)5/h7-9H,10-12H2,1-6H3,(H2,19,20,21). The molecule has 0 atom stereocenters. The summed E-state index contributed by atoms with van der Waals surface area (Å²) >= 11 is 0. The van der Waals surface area contributed by atoms with Crippen molar-refractivity contribution in [3.05, 3.63) is 35.1 Å². The molecule has 0 saturated carbocycles. The lowest BCUT2D eigenvalue weighted by molar-refractivity contribution is 0.0268. The van der Waals surface area contributed by atoms with Crippen molar-refractivity contribution in [3.63, 3.8) is 0 Å². The summed E-state index contributed by atoms with van der Waals surface area (Å²) in [4.78, 5) is 6.13. The molecule has 0 spiro atoms. The van der Waals surface area contributed by atoms with Gasteiger partial charge in [-0.2, -0.15) is 0 Å². The van der Waals surface area contributed by atoms with Crippen molar-refractivity contribution in [2.45, 2.75) is 32.5 Å². The zero-order valence-corrected chi connectivity index (χ0v) is 15.0. The Morgan fingerprint density at radius 3 is 2.57 bits per heavy atom. The van der Waals surface area contributed by atoms with Crippen molar-refractivity contribution in [1.29, 1.82) is 0 Å². The predicted octanol–water partition coefficient (Wildman–Crippen LogP) is 1.98. The Morgan fingerprint density at radius 2 is 2.00 bits per heavy atom. The van der Waals surface area contributed by atoms with Crippen LogP contribution in [0.2, 0.25) is 0 Å². The number of hydrogen-bond acceptors (Lipinski definition) is 3. The molecule has 0 aliphatic carbocycles. The zero-order chi connectivity index (χ0) is 17.5. The zero-order valence-electron chi connectivity index (χ0n) is 15.0. The van der Waals surface area contributed by atoms with Crippen LogP contribution in [0, 0.1) is 5.82 Å². The minimum absolute atomic E-state index is 0.174. The van der Waals surface area contributed by atoms with Crippen LogP contribution in [0.1, 0.15) is 25.0 Å². The Kier molecular flexibility index (Phi) is 7.45. The van der Waals surface area contributed by atoms with Crippen LogP contribution in [0.25, 0.3) is 0 Å². The molecule has 1 aromatic carbocycles. The van der Waals surface area contributed by atoms with Gasteiger partial charge in [0.05, 0.1) is 5.60 Å². The van der Waals surface area contributed by atoms with Crippen molar-refractivity contribution in [2.75, 3.05) is 34.8 Å². The molecule has 5 nitrogen and oxygen atoms in total. The molecule has 0 radical (unpaired) electrons. The summed E-state index contributed by atoms with van der Waals surface area (Å²) in [5.41, 5.74) is 1.43. The number of ether oxygens (including phenoxy) is 1. The van der Waals surface area contributed by atoms with E-state index in [0.717, 1.165) is 5.56 Å². The smallest absolute Gasteiger partial charge is 0.191 e. The van der Waals surface area contributed by atoms with Gasteiger partial charge in [0.1, 0.15) is 5.82 Å². The summed E-state index contributed by atoms with van der Waals surface area (Å²) in [5, 5.41) is 6.45. The van der Waals surface area contributed by atoms with E-state index in [1.165, 1.54) is 6.07 Å². The number of methoxy groups -OCH3 is 1. The number of nitrogens with one attached hydrogen (secondary N) is 2. The van der Waals surface area contributed by atoms with Crippen molar-refractivity contribution in [1.82, 2.24) is 15.5 Å². The van der Waals surface area contributed by atoms with Gasteiger partial charge in [0, 0.05) is 39.4 Å². The third kappa shape index (κ3) is 6.97. The molecule has 6 heteroatoms. The second-order valence-corrected chi connectivity index (χ2v) is 6.41. The third-order valence-corrected chi connectivity index (χ3v) is 3.51. The van der Waals surface area contributed by atoms with Crippen LogP contribution in [0.5, 0.6) is 0 Å². The Balaban J connectivity index is 2.62. The molecular formula is C17H29FN4O. The monoisotopic (exact) mass is 324 g/mol. The number of rotatable bonds is 7. The highest BCUT2D eigenvalue weighted by Gasteiger charge is 2.16. The predicted molar refractivity (Wildman–Crippen MR) is 93.1 cm³/mol. The van der Waals surface area contributed by atoms with E-state index < -0.39 is 0 Å². The van der Waals surface area contributed by atoms with E-state index in [9.17, 15) is 4.39 Å². The Bertz CT molecular complexity index is 529. The van der Waals surface area contributed by atoms with E-state index in [0.29, 0.717) is 31.2 Å². The highest BCUT2D eigenvalue weighted by molar-refractivity contribution is 5.79. The summed E-state index contributed by atoms with van der Waals surface area (Å²) in [7, 11) is 7.25.